The van der Waals surface area contributed by atoms with Crippen molar-refractivity contribution in [3.05, 3.63) is 36.4 Å². The Bertz CT molecular complexity index is 985. The summed E-state index contributed by atoms with van der Waals surface area (Å²) in [5.74, 6) is 2.25. The average molecular weight is 470 g/mol. The second kappa shape index (κ2) is 10.7. The number of methoxy groups -OCH3 is 3. The Morgan fingerprint density at radius 2 is 1.41 bits per heavy atom. The van der Waals surface area contributed by atoms with E-state index in [0.717, 1.165) is 54.7 Å². The summed E-state index contributed by atoms with van der Waals surface area (Å²) in [5.41, 5.74) is 2.77. The smallest absolute Gasteiger partial charge is 0.321 e. The van der Waals surface area contributed by atoms with Crippen LogP contribution in [0.15, 0.2) is 36.4 Å². The maximum atomic E-state index is 13.0. The van der Waals surface area contributed by atoms with Crippen LogP contribution < -0.4 is 29.3 Å². The van der Waals surface area contributed by atoms with Gasteiger partial charge in [-0.25, -0.2) is 4.79 Å². The Hall–Kier alpha value is -3.33. The lowest BCUT2D eigenvalue weighted by molar-refractivity contribution is 0.208. The Morgan fingerprint density at radius 1 is 0.765 bits per heavy atom. The van der Waals surface area contributed by atoms with E-state index in [0.29, 0.717) is 31.9 Å². The van der Waals surface area contributed by atoms with Crippen LogP contribution in [0.4, 0.5) is 21.9 Å². The van der Waals surface area contributed by atoms with Crippen LogP contribution in [-0.2, 0) is 0 Å². The number of ether oxygens (including phenoxy) is 3. The number of benzene rings is 2. The number of likely N-dealkylation sites (N-methyl/N-ethyl adjacent to an activating group) is 1. The van der Waals surface area contributed by atoms with E-state index in [1.807, 2.05) is 41.3 Å². The number of piperazine rings is 2. The van der Waals surface area contributed by atoms with Crippen molar-refractivity contribution in [2.24, 2.45) is 0 Å². The molecule has 0 radical (unpaired) electrons. The molecule has 0 spiro atoms. The van der Waals surface area contributed by atoms with Gasteiger partial charge in [0, 0.05) is 58.0 Å². The van der Waals surface area contributed by atoms with E-state index < -0.39 is 0 Å². The van der Waals surface area contributed by atoms with Crippen molar-refractivity contribution in [3.63, 3.8) is 0 Å². The quantitative estimate of drug-likeness (QED) is 0.698. The van der Waals surface area contributed by atoms with Crippen LogP contribution >= 0.6 is 0 Å². The zero-order valence-corrected chi connectivity index (χ0v) is 20.5. The molecule has 0 atom stereocenters. The van der Waals surface area contributed by atoms with E-state index in [1.54, 1.807) is 21.3 Å². The van der Waals surface area contributed by atoms with E-state index in [-0.39, 0.29) is 6.03 Å². The van der Waals surface area contributed by atoms with Crippen molar-refractivity contribution in [3.8, 4) is 17.2 Å². The summed E-state index contributed by atoms with van der Waals surface area (Å²) >= 11 is 0. The van der Waals surface area contributed by atoms with Gasteiger partial charge in [0.15, 0.2) is 11.5 Å². The summed E-state index contributed by atoms with van der Waals surface area (Å²) in [4.78, 5) is 21.7. The lowest BCUT2D eigenvalue weighted by atomic mass is 10.2. The third kappa shape index (κ3) is 5.09. The van der Waals surface area contributed by atoms with Crippen LogP contribution in [-0.4, -0.2) is 96.6 Å². The number of carbonyl (C=O) groups is 1. The molecule has 2 aromatic carbocycles. The van der Waals surface area contributed by atoms with Gasteiger partial charge in [-0.2, -0.15) is 0 Å². The van der Waals surface area contributed by atoms with Gasteiger partial charge in [-0.05, 0) is 37.4 Å². The molecule has 2 heterocycles. The minimum atomic E-state index is -0.0910. The van der Waals surface area contributed by atoms with Gasteiger partial charge in [0.05, 0.1) is 32.7 Å². The Labute approximate surface area is 201 Å². The second-order valence-electron chi connectivity index (χ2n) is 8.59. The molecule has 1 N–H and O–H groups in total. The summed E-state index contributed by atoms with van der Waals surface area (Å²) < 4.78 is 16.6. The number of rotatable bonds is 6. The summed E-state index contributed by atoms with van der Waals surface area (Å²) in [6, 6.07) is 11.6. The molecule has 0 unspecified atom stereocenters. The number of amides is 2. The molecule has 4 rings (SSSR count). The second-order valence-corrected chi connectivity index (χ2v) is 8.59. The highest BCUT2D eigenvalue weighted by molar-refractivity contribution is 5.90. The highest BCUT2D eigenvalue weighted by atomic mass is 16.5. The standard InChI is InChI=1S/C25H35N5O4/c1-27-10-12-29(13-11-27)21-18-19(8-9-22(21)32-2)26-25(31)30-16-14-28(15-17-30)20-6-5-7-23(33-3)24(20)34-4/h5-9,18H,10-17H2,1-4H3,(H,26,31). The highest BCUT2D eigenvalue weighted by Gasteiger charge is 2.25. The Kier molecular flexibility index (Phi) is 7.52. The zero-order chi connectivity index (χ0) is 24.1. The average Bonchev–Trinajstić information content (AvgIpc) is 2.88. The van der Waals surface area contributed by atoms with Crippen molar-refractivity contribution in [1.82, 2.24) is 9.80 Å². The first-order chi connectivity index (χ1) is 16.5. The fraction of sp³-hybridized carbons (Fsp3) is 0.480. The molecule has 2 saturated heterocycles. The molecule has 0 saturated carbocycles. The molecule has 2 aliphatic rings. The van der Waals surface area contributed by atoms with Crippen molar-refractivity contribution < 1.29 is 19.0 Å². The van der Waals surface area contributed by atoms with Crippen LogP contribution in [0.3, 0.4) is 0 Å². The summed E-state index contributed by atoms with van der Waals surface area (Å²) in [5, 5.41) is 3.08. The molecular weight excluding hydrogens is 434 g/mol. The maximum absolute atomic E-state index is 13.0. The highest BCUT2D eigenvalue weighted by Crippen LogP contribution is 2.37. The van der Waals surface area contributed by atoms with Gasteiger partial charge in [-0.1, -0.05) is 6.07 Å². The topological polar surface area (TPSA) is 69.8 Å². The minimum Gasteiger partial charge on any atom is -0.495 e. The number of urea groups is 1. The van der Waals surface area contributed by atoms with E-state index in [9.17, 15) is 4.79 Å². The van der Waals surface area contributed by atoms with Gasteiger partial charge < -0.3 is 39.1 Å². The maximum Gasteiger partial charge on any atom is 0.321 e. The van der Waals surface area contributed by atoms with Crippen LogP contribution in [0.1, 0.15) is 0 Å². The molecule has 0 bridgehead atoms. The number of carbonyl (C=O) groups excluding carboxylic acids is 1. The SMILES string of the molecule is COc1ccc(NC(=O)N2CCN(c3cccc(OC)c3OC)CC2)cc1N1CCN(C)CC1. The number of hydrogen-bond donors (Lipinski definition) is 1. The molecule has 2 aromatic rings. The largest absolute Gasteiger partial charge is 0.495 e. The molecule has 184 valence electrons. The number of nitrogens with zero attached hydrogens (tertiary/aromatic N) is 4. The van der Waals surface area contributed by atoms with E-state index >= 15 is 0 Å². The van der Waals surface area contributed by atoms with Crippen molar-refractivity contribution in [2.75, 3.05) is 95.9 Å². The molecule has 0 aromatic heterocycles. The third-order valence-corrected chi connectivity index (χ3v) is 6.56. The van der Waals surface area contributed by atoms with Crippen molar-refractivity contribution in [1.29, 1.82) is 0 Å². The van der Waals surface area contributed by atoms with Crippen LogP contribution in [0.2, 0.25) is 0 Å². The van der Waals surface area contributed by atoms with Gasteiger partial charge >= 0.3 is 6.03 Å². The normalized spacial score (nSPS) is 16.9. The van der Waals surface area contributed by atoms with Gasteiger partial charge in [0.2, 0.25) is 0 Å². The monoisotopic (exact) mass is 469 g/mol. The lowest BCUT2D eigenvalue weighted by Crippen LogP contribution is -2.50. The van der Waals surface area contributed by atoms with Gasteiger partial charge in [-0.3, -0.25) is 0 Å². The first kappa shape index (κ1) is 23.8. The summed E-state index contributed by atoms with van der Waals surface area (Å²) in [7, 11) is 7.10. The van der Waals surface area contributed by atoms with E-state index in [2.05, 4.69) is 27.1 Å². The number of hydrogen-bond acceptors (Lipinski definition) is 7. The number of nitrogens with one attached hydrogen (secondary N) is 1. The summed E-state index contributed by atoms with van der Waals surface area (Å²) in [6.07, 6.45) is 0. The lowest BCUT2D eigenvalue weighted by Gasteiger charge is -2.37. The number of anilines is 3. The molecule has 2 aliphatic heterocycles. The first-order valence-electron chi connectivity index (χ1n) is 11.7. The molecule has 2 amide bonds. The Morgan fingerprint density at radius 3 is 2.06 bits per heavy atom. The van der Waals surface area contributed by atoms with Gasteiger partial charge in [0.25, 0.3) is 0 Å². The fourth-order valence-electron chi connectivity index (χ4n) is 4.53. The first-order valence-corrected chi connectivity index (χ1v) is 11.7. The van der Waals surface area contributed by atoms with Crippen molar-refractivity contribution >= 4 is 23.1 Å². The van der Waals surface area contributed by atoms with Crippen LogP contribution in [0.5, 0.6) is 17.2 Å². The predicted octanol–water partition coefficient (Wildman–Crippen LogP) is 2.82. The molecule has 9 nitrogen and oxygen atoms in total. The number of para-hydroxylation sites is 1. The zero-order valence-electron chi connectivity index (χ0n) is 20.5. The van der Waals surface area contributed by atoms with Crippen LogP contribution in [0, 0.1) is 0 Å². The van der Waals surface area contributed by atoms with Gasteiger partial charge in [-0.15, -0.1) is 0 Å². The minimum absolute atomic E-state index is 0.0910. The van der Waals surface area contributed by atoms with E-state index in [4.69, 9.17) is 14.2 Å². The van der Waals surface area contributed by atoms with Crippen LogP contribution in [0.25, 0.3) is 0 Å². The molecule has 34 heavy (non-hydrogen) atoms. The summed E-state index contributed by atoms with van der Waals surface area (Å²) in [6.45, 7) is 6.53. The molecule has 0 aliphatic carbocycles. The predicted molar refractivity (Wildman–Crippen MR) is 135 cm³/mol. The third-order valence-electron chi connectivity index (χ3n) is 6.56. The molecule has 2 fully saturated rings. The fourth-order valence-corrected chi connectivity index (χ4v) is 4.53. The van der Waals surface area contributed by atoms with Crippen molar-refractivity contribution in [2.45, 2.75) is 0 Å². The Balaban J connectivity index is 1.39. The molecule has 9 heteroatoms. The van der Waals surface area contributed by atoms with E-state index in [1.165, 1.54) is 0 Å². The van der Waals surface area contributed by atoms with Gasteiger partial charge in [0.1, 0.15) is 5.75 Å². The molecular formula is C25H35N5O4.